The molecule has 6 heteroatoms. The van der Waals surface area contributed by atoms with Crippen LogP contribution in [0, 0.1) is 11.6 Å². The number of hydrogen-bond acceptors (Lipinski definition) is 3. The summed E-state index contributed by atoms with van der Waals surface area (Å²) in [6, 6.07) is 1.67. The Hall–Kier alpha value is -2.24. The van der Waals surface area contributed by atoms with Crippen molar-refractivity contribution in [1.82, 2.24) is 9.97 Å². The van der Waals surface area contributed by atoms with Crippen LogP contribution in [0.3, 0.4) is 0 Å². The number of halogens is 2. The molecule has 0 atom stereocenters. The molecular weight excluding hydrogens is 242 g/mol. The Morgan fingerprint density at radius 3 is 2.78 bits per heavy atom. The second-order valence-electron chi connectivity index (χ2n) is 3.55. The zero-order valence-electron chi connectivity index (χ0n) is 9.59. The van der Waals surface area contributed by atoms with Gasteiger partial charge in [0.05, 0.1) is 17.5 Å². The van der Waals surface area contributed by atoms with Crippen LogP contribution in [0.25, 0.3) is 16.7 Å². The van der Waals surface area contributed by atoms with Gasteiger partial charge in [-0.15, -0.1) is 0 Å². The third-order valence-corrected chi connectivity index (χ3v) is 2.33. The number of aromatic nitrogens is 2. The van der Waals surface area contributed by atoms with Crippen LogP contribution >= 0.6 is 0 Å². The lowest BCUT2D eigenvalue weighted by atomic mass is 10.2. The van der Waals surface area contributed by atoms with Crippen molar-refractivity contribution < 1.29 is 13.5 Å². The summed E-state index contributed by atoms with van der Waals surface area (Å²) < 4.78 is 31.2. The Kier molecular flexibility index (Phi) is 3.10. The van der Waals surface area contributed by atoms with Crippen molar-refractivity contribution in [1.29, 1.82) is 0 Å². The van der Waals surface area contributed by atoms with Crippen LogP contribution in [-0.4, -0.2) is 16.6 Å². The van der Waals surface area contributed by atoms with E-state index >= 15 is 0 Å². The topological polar surface area (TPSA) is 55.0 Å². The van der Waals surface area contributed by atoms with Crippen molar-refractivity contribution in [3.63, 3.8) is 0 Å². The number of ether oxygens (including phenoxy) is 1. The van der Waals surface area contributed by atoms with E-state index in [1.807, 2.05) is 0 Å². The lowest BCUT2D eigenvalue weighted by Gasteiger charge is -2.06. The van der Waals surface area contributed by atoms with E-state index in [9.17, 15) is 13.6 Å². The maximum Gasteiger partial charge on any atom is 0.259 e. The molecule has 0 aliphatic rings. The number of nitrogens with one attached hydrogen (secondary N) is 1. The summed E-state index contributed by atoms with van der Waals surface area (Å²) >= 11 is 0. The molecule has 0 radical (unpaired) electrons. The summed E-state index contributed by atoms with van der Waals surface area (Å²) in [4.78, 5) is 18.1. The summed E-state index contributed by atoms with van der Waals surface area (Å²) in [7, 11) is 0. The molecule has 2 aromatic rings. The van der Waals surface area contributed by atoms with E-state index in [0.717, 1.165) is 12.1 Å². The molecule has 18 heavy (non-hydrogen) atoms. The molecule has 1 heterocycles. The van der Waals surface area contributed by atoms with Crippen LogP contribution in [0.2, 0.25) is 0 Å². The van der Waals surface area contributed by atoms with Gasteiger partial charge in [-0.2, -0.15) is 0 Å². The van der Waals surface area contributed by atoms with Gasteiger partial charge in [0.2, 0.25) is 0 Å². The third-order valence-electron chi connectivity index (χ3n) is 2.33. The lowest BCUT2D eigenvalue weighted by Crippen LogP contribution is -2.12. The number of rotatable bonds is 3. The Morgan fingerprint density at radius 2 is 2.11 bits per heavy atom. The van der Waals surface area contributed by atoms with Crippen LogP contribution in [0.1, 0.15) is 12.7 Å². The van der Waals surface area contributed by atoms with E-state index in [1.165, 1.54) is 0 Å². The predicted octanol–water partition coefficient (Wildman–Crippen LogP) is 2.21. The average molecular weight is 252 g/mol. The lowest BCUT2D eigenvalue weighted by molar-refractivity contribution is 0.296. The van der Waals surface area contributed by atoms with Crippen molar-refractivity contribution in [2.75, 3.05) is 6.61 Å². The highest BCUT2D eigenvalue weighted by Gasteiger charge is 2.11. The molecular formula is C12H10F2N2O2. The van der Waals surface area contributed by atoms with E-state index in [2.05, 4.69) is 16.5 Å². The highest BCUT2D eigenvalue weighted by molar-refractivity contribution is 5.78. The highest BCUT2D eigenvalue weighted by atomic mass is 19.2. The van der Waals surface area contributed by atoms with Crippen molar-refractivity contribution in [3.8, 4) is 0 Å². The van der Waals surface area contributed by atoms with Crippen LogP contribution in [0.4, 0.5) is 8.78 Å². The molecule has 0 aliphatic heterocycles. The van der Waals surface area contributed by atoms with Crippen LogP contribution in [0.5, 0.6) is 0 Å². The number of aromatic amines is 1. The van der Waals surface area contributed by atoms with E-state index in [1.54, 1.807) is 6.92 Å². The summed E-state index contributed by atoms with van der Waals surface area (Å²) in [5.41, 5.74) is -0.525. The number of H-pyrrole nitrogens is 1. The quantitative estimate of drug-likeness (QED) is 0.852. The van der Waals surface area contributed by atoms with Gasteiger partial charge in [-0.05, 0) is 13.0 Å². The molecule has 4 nitrogen and oxygen atoms in total. The highest BCUT2D eigenvalue weighted by Crippen LogP contribution is 2.15. The van der Waals surface area contributed by atoms with Crippen LogP contribution in [-0.2, 0) is 4.74 Å². The largest absolute Gasteiger partial charge is 0.491 e. The summed E-state index contributed by atoms with van der Waals surface area (Å²) in [5, 5.41) is -0.0260. The van der Waals surface area contributed by atoms with Gasteiger partial charge in [0, 0.05) is 6.07 Å². The van der Waals surface area contributed by atoms with Gasteiger partial charge in [0.15, 0.2) is 23.2 Å². The van der Waals surface area contributed by atoms with E-state index in [0.29, 0.717) is 6.61 Å². The van der Waals surface area contributed by atoms with Crippen molar-refractivity contribution in [3.05, 3.63) is 46.5 Å². The van der Waals surface area contributed by atoms with Gasteiger partial charge in [-0.1, -0.05) is 6.58 Å². The molecule has 0 fully saturated rings. The summed E-state index contributed by atoms with van der Waals surface area (Å²) in [6.45, 7) is 5.69. The standard InChI is InChI=1S/C12H10F2N2O2/c1-3-18-6(2)11-15-10-5-9(14)8(13)4-7(10)12(17)16-11/h4-5H,2-3H2,1H3,(H,15,16,17). The molecule has 0 spiro atoms. The maximum absolute atomic E-state index is 13.1. The minimum atomic E-state index is -1.09. The molecule has 0 aliphatic carbocycles. The molecule has 0 saturated carbocycles. The van der Waals surface area contributed by atoms with E-state index in [4.69, 9.17) is 4.74 Å². The second kappa shape index (κ2) is 4.56. The monoisotopic (exact) mass is 252 g/mol. The smallest absolute Gasteiger partial charge is 0.259 e. The molecule has 94 valence electrons. The molecule has 1 N–H and O–H groups in total. The van der Waals surface area contributed by atoms with Crippen LogP contribution < -0.4 is 5.56 Å². The van der Waals surface area contributed by atoms with Gasteiger partial charge in [-0.25, -0.2) is 13.8 Å². The number of fused-ring (bicyclic) bond motifs is 1. The molecule has 2 rings (SSSR count). The van der Waals surface area contributed by atoms with Gasteiger partial charge in [0.25, 0.3) is 5.56 Å². The number of benzene rings is 1. The first-order chi connectivity index (χ1) is 8.52. The number of hydrogen-bond donors (Lipinski definition) is 1. The predicted molar refractivity (Wildman–Crippen MR) is 62.9 cm³/mol. The third kappa shape index (κ3) is 2.09. The normalized spacial score (nSPS) is 10.6. The summed E-state index contributed by atoms with van der Waals surface area (Å²) in [5.74, 6) is -1.89. The molecule has 0 bridgehead atoms. The van der Waals surface area contributed by atoms with Crippen molar-refractivity contribution in [2.45, 2.75) is 6.92 Å². The molecule has 1 aromatic heterocycles. The zero-order valence-corrected chi connectivity index (χ0v) is 9.59. The van der Waals surface area contributed by atoms with Gasteiger partial charge >= 0.3 is 0 Å². The van der Waals surface area contributed by atoms with Crippen molar-refractivity contribution in [2.24, 2.45) is 0 Å². The minimum absolute atomic E-state index is 0.0260. The second-order valence-corrected chi connectivity index (χ2v) is 3.55. The Morgan fingerprint density at radius 1 is 1.44 bits per heavy atom. The van der Waals surface area contributed by atoms with E-state index in [-0.39, 0.29) is 22.5 Å². The Bertz CT molecular complexity index is 680. The number of nitrogens with zero attached hydrogens (tertiary/aromatic N) is 1. The SMILES string of the molecule is C=C(OCC)c1nc2cc(F)c(F)cc2c(=O)[nH]1. The summed E-state index contributed by atoms with van der Waals surface area (Å²) in [6.07, 6.45) is 0. The molecule has 0 saturated heterocycles. The first kappa shape index (κ1) is 12.2. The maximum atomic E-state index is 13.1. The molecule has 1 aromatic carbocycles. The Balaban J connectivity index is 2.65. The van der Waals surface area contributed by atoms with Gasteiger partial charge in [0.1, 0.15) is 0 Å². The fourth-order valence-electron chi connectivity index (χ4n) is 1.51. The van der Waals surface area contributed by atoms with Crippen molar-refractivity contribution >= 4 is 16.7 Å². The average Bonchev–Trinajstić information content (AvgIpc) is 2.32. The fraction of sp³-hybridized carbons (Fsp3) is 0.167. The first-order valence-corrected chi connectivity index (χ1v) is 5.24. The fourth-order valence-corrected chi connectivity index (χ4v) is 1.51. The minimum Gasteiger partial charge on any atom is -0.491 e. The van der Waals surface area contributed by atoms with E-state index < -0.39 is 17.2 Å². The Labute approximate surface area is 101 Å². The van der Waals surface area contributed by atoms with Gasteiger partial charge in [-0.3, -0.25) is 4.79 Å². The zero-order chi connectivity index (χ0) is 13.3. The molecule has 0 amide bonds. The first-order valence-electron chi connectivity index (χ1n) is 5.24. The molecule has 0 unspecified atom stereocenters. The van der Waals surface area contributed by atoms with Crippen LogP contribution in [0.15, 0.2) is 23.5 Å². The van der Waals surface area contributed by atoms with Gasteiger partial charge < -0.3 is 9.72 Å².